The van der Waals surface area contributed by atoms with Crippen LogP contribution in [0.15, 0.2) is 24.3 Å². The lowest BCUT2D eigenvalue weighted by molar-refractivity contribution is 0.148. The molecule has 0 atom stereocenters. The minimum absolute atomic E-state index is 0.880. The number of piperazine rings is 1. The van der Waals surface area contributed by atoms with Crippen LogP contribution in [0.4, 0.5) is 5.69 Å². The Morgan fingerprint density at radius 1 is 0.889 bits per heavy atom. The van der Waals surface area contributed by atoms with Crippen molar-refractivity contribution in [3.8, 4) is 0 Å². The minimum Gasteiger partial charge on any atom is -0.369 e. The molecule has 2 nitrogen and oxygen atoms in total. The molecule has 0 N–H and O–H groups in total. The normalized spacial score (nSPS) is 23.2. The van der Waals surface area contributed by atoms with Gasteiger partial charge in [0.2, 0.25) is 0 Å². The van der Waals surface area contributed by atoms with E-state index >= 15 is 0 Å². The van der Waals surface area contributed by atoms with Crippen LogP contribution in [-0.2, 0) is 0 Å². The fourth-order valence-corrected chi connectivity index (χ4v) is 3.38. The second kappa shape index (κ2) is 5.75. The molecule has 97 valence electrons. The molecule has 1 heterocycles. The molecule has 1 aliphatic heterocycles. The summed E-state index contributed by atoms with van der Waals surface area (Å²) in [5.74, 6) is 0. The first-order chi connectivity index (χ1) is 8.93. The lowest BCUT2D eigenvalue weighted by Gasteiger charge is -2.41. The van der Waals surface area contributed by atoms with Gasteiger partial charge in [-0.15, -0.1) is 0 Å². The molecule has 1 radical (unpaired) electrons. The Morgan fingerprint density at radius 2 is 1.56 bits per heavy atom. The van der Waals surface area contributed by atoms with Crippen molar-refractivity contribution >= 4 is 5.69 Å². The first-order valence-corrected chi connectivity index (χ1v) is 7.38. The molecule has 1 aromatic carbocycles. The maximum atomic E-state index is 3.10. The van der Waals surface area contributed by atoms with Gasteiger partial charge in [-0.3, -0.25) is 4.90 Å². The number of hydrogen-bond acceptors (Lipinski definition) is 2. The summed E-state index contributed by atoms with van der Waals surface area (Å²) < 4.78 is 0. The third kappa shape index (κ3) is 2.69. The molecule has 3 rings (SSSR count). The summed E-state index contributed by atoms with van der Waals surface area (Å²) >= 11 is 0. The van der Waals surface area contributed by atoms with Crippen molar-refractivity contribution in [1.29, 1.82) is 0 Å². The summed E-state index contributed by atoms with van der Waals surface area (Å²) in [7, 11) is 0. The maximum absolute atomic E-state index is 3.10. The van der Waals surface area contributed by atoms with Crippen LogP contribution in [0.25, 0.3) is 0 Å². The molecule has 0 aromatic heterocycles. The Hall–Kier alpha value is -1.02. The smallest absolute Gasteiger partial charge is 0.0367 e. The van der Waals surface area contributed by atoms with Gasteiger partial charge in [-0.2, -0.15) is 0 Å². The van der Waals surface area contributed by atoms with E-state index in [1.54, 1.807) is 0 Å². The molecule has 0 spiro atoms. The van der Waals surface area contributed by atoms with E-state index in [1.807, 2.05) is 12.1 Å². The van der Waals surface area contributed by atoms with Gasteiger partial charge in [0, 0.05) is 37.9 Å². The summed E-state index contributed by atoms with van der Waals surface area (Å²) in [6.07, 6.45) is 7.20. The van der Waals surface area contributed by atoms with Crippen LogP contribution in [0, 0.1) is 6.07 Å². The van der Waals surface area contributed by atoms with Crippen LogP contribution >= 0.6 is 0 Å². The quantitative estimate of drug-likeness (QED) is 0.788. The van der Waals surface area contributed by atoms with Crippen LogP contribution in [-0.4, -0.2) is 37.1 Å². The molecule has 2 fully saturated rings. The predicted molar refractivity (Wildman–Crippen MR) is 75.9 cm³/mol. The second-order valence-corrected chi connectivity index (χ2v) is 5.57. The molecule has 1 aromatic rings. The Labute approximate surface area is 111 Å². The van der Waals surface area contributed by atoms with Gasteiger partial charge in [0.1, 0.15) is 0 Å². The van der Waals surface area contributed by atoms with Gasteiger partial charge in [0.05, 0.1) is 0 Å². The van der Waals surface area contributed by atoms with E-state index in [2.05, 4.69) is 28.0 Å². The van der Waals surface area contributed by atoms with Crippen LogP contribution in [0.5, 0.6) is 0 Å². The average molecular weight is 243 g/mol. The molecule has 0 amide bonds. The Balaban J connectivity index is 1.54. The number of anilines is 1. The predicted octanol–water partition coefficient (Wildman–Crippen LogP) is 2.94. The monoisotopic (exact) mass is 243 g/mol. The SMILES string of the molecule is [c]1ccc(N2CCN(C3CCCCC3)CC2)cc1. The first-order valence-electron chi connectivity index (χ1n) is 7.38. The van der Waals surface area contributed by atoms with Crippen LogP contribution in [0.2, 0.25) is 0 Å². The van der Waals surface area contributed by atoms with Crippen molar-refractivity contribution in [2.75, 3.05) is 31.1 Å². The van der Waals surface area contributed by atoms with Crippen LogP contribution < -0.4 is 4.90 Å². The van der Waals surface area contributed by atoms with Crippen molar-refractivity contribution < 1.29 is 0 Å². The molecule has 2 heteroatoms. The van der Waals surface area contributed by atoms with Gasteiger partial charge in [0.25, 0.3) is 0 Å². The van der Waals surface area contributed by atoms with Crippen molar-refractivity contribution in [3.05, 3.63) is 30.3 Å². The summed E-state index contributed by atoms with van der Waals surface area (Å²) in [5.41, 5.74) is 1.36. The summed E-state index contributed by atoms with van der Waals surface area (Å²) in [4.78, 5) is 5.23. The van der Waals surface area contributed by atoms with E-state index < -0.39 is 0 Å². The van der Waals surface area contributed by atoms with Crippen LogP contribution in [0.1, 0.15) is 32.1 Å². The summed E-state index contributed by atoms with van der Waals surface area (Å²) in [6, 6.07) is 12.4. The van der Waals surface area contributed by atoms with Gasteiger partial charge in [0.15, 0.2) is 0 Å². The maximum Gasteiger partial charge on any atom is 0.0367 e. The minimum atomic E-state index is 0.880. The van der Waals surface area contributed by atoms with Crippen molar-refractivity contribution in [3.63, 3.8) is 0 Å². The number of rotatable bonds is 2. The lowest BCUT2D eigenvalue weighted by atomic mass is 9.94. The molecule has 1 aliphatic carbocycles. The zero-order chi connectivity index (χ0) is 12.2. The molecule has 18 heavy (non-hydrogen) atoms. The van der Waals surface area contributed by atoms with Crippen molar-refractivity contribution in [2.45, 2.75) is 38.1 Å². The van der Waals surface area contributed by atoms with Crippen molar-refractivity contribution in [1.82, 2.24) is 4.90 Å². The summed E-state index contributed by atoms with van der Waals surface area (Å²) in [6.45, 7) is 4.84. The zero-order valence-electron chi connectivity index (χ0n) is 11.1. The zero-order valence-corrected chi connectivity index (χ0v) is 11.1. The third-order valence-electron chi connectivity index (χ3n) is 4.47. The fourth-order valence-electron chi connectivity index (χ4n) is 3.38. The van der Waals surface area contributed by atoms with E-state index in [-0.39, 0.29) is 0 Å². The highest BCUT2D eigenvalue weighted by Gasteiger charge is 2.24. The fraction of sp³-hybridized carbons (Fsp3) is 0.625. The van der Waals surface area contributed by atoms with Crippen molar-refractivity contribution in [2.24, 2.45) is 0 Å². The van der Waals surface area contributed by atoms with Gasteiger partial charge in [-0.25, -0.2) is 0 Å². The third-order valence-corrected chi connectivity index (χ3v) is 4.47. The van der Waals surface area contributed by atoms with E-state index in [1.165, 1.54) is 64.0 Å². The molecular formula is C16H23N2. The largest absolute Gasteiger partial charge is 0.369 e. The average Bonchev–Trinajstić information content (AvgIpc) is 2.49. The van der Waals surface area contributed by atoms with E-state index in [0.717, 1.165) is 6.04 Å². The molecule has 1 saturated heterocycles. The number of nitrogens with zero attached hydrogens (tertiary/aromatic N) is 2. The van der Waals surface area contributed by atoms with E-state index in [4.69, 9.17) is 0 Å². The second-order valence-electron chi connectivity index (χ2n) is 5.57. The van der Waals surface area contributed by atoms with Gasteiger partial charge < -0.3 is 4.90 Å². The van der Waals surface area contributed by atoms with E-state index in [0.29, 0.717) is 0 Å². The molecule has 0 bridgehead atoms. The van der Waals surface area contributed by atoms with Gasteiger partial charge in [-0.1, -0.05) is 31.4 Å². The van der Waals surface area contributed by atoms with E-state index in [9.17, 15) is 0 Å². The topological polar surface area (TPSA) is 6.48 Å². The highest BCUT2D eigenvalue weighted by molar-refractivity contribution is 5.46. The van der Waals surface area contributed by atoms with Gasteiger partial charge >= 0.3 is 0 Å². The standard InChI is InChI=1S/C16H23N2/c1-3-7-15(8-4-1)17-11-13-18(14-12-17)16-9-5-2-6-10-16/h5-6,9-10,15H,1,3-4,7-8,11-14H2. The number of benzene rings is 1. The number of hydrogen-bond donors (Lipinski definition) is 0. The van der Waals surface area contributed by atoms with Crippen LogP contribution in [0.3, 0.4) is 0 Å². The summed E-state index contributed by atoms with van der Waals surface area (Å²) in [5, 5.41) is 0. The first kappa shape index (κ1) is 12.0. The molecule has 1 saturated carbocycles. The highest BCUT2D eigenvalue weighted by atomic mass is 15.3. The highest BCUT2D eigenvalue weighted by Crippen LogP contribution is 2.24. The molecule has 0 unspecified atom stereocenters. The van der Waals surface area contributed by atoms with Gasteiger partial charge in [-0.05, 0) is 31.0 Å². The Morgan fingerprint density at radius 3 is 2.22 bits per heavy atom. The Bertz CT molecular complexity index is 349. The molecular weight excluding hydrogens is 220 g/mol. The molecule has 2 aliphatic rings. The Kier molecular flexibility index (Phi) is 3.84. The lowest BCUT2D eigenvalue weighted by Crippen LogP contribution is -2.50.